The summed E-state index contributed by atoms with van der Waals surface area (Å²) >= 11 is 0. The van der Waals surface area contributed by atoms with Crippen LogP contribution in [0.3, 0.4) is 0 Å². The van der Waals surface area contributed by atoms with Gasteiger partial charge in [-0.3, -0.25) is 0 Å². The zero-order chi connectivity index (χ0) is 13.5. The van der Waals surface area contributed by atoms with Crippen molar-refractivity contribution in [2.45, 2.75) is 24.8 Å². The van der Waals surface area contributed by atoms with Gasteiger partial charge in [0.2, 0.25) is 0 Å². The zero-order valence-corrected chi connectivity index (χ0v) is 11.3. The fourth-order valence-corrected chi connectivity index (χ4v) is 3.32. The van der Waals surface area contributed by atoms with Crippen LogP contribution in [0.25, 0.3) is 22.2 Å². The number of hydrogen-bond donors (Lipinski definition) is 2. The fraction of sp³-hybridized carbons (Fsp3) is 0.222. The van der Waals surface area contributed by atoms with E-state index in [1.807, 2.05) is 0 Å². The molecule has 3 N–H and O–H groups in total. The maximum atomic E-state index is 6.00. The smallest absolute Gasteiger partial charge is 0.0500 e. The third-order valence-electron chi connectivity index (χ3n) is 4.39. The number of hydrogen-bond acceptors (Lipinski definition) is 1. The molecule has 0 unspecified atom stereocenters. The predicted molar refractivity (Wildman–Crippen MR) is 83.7 cm³/mol. The van der Waals surface area contributed by atoms with Crippen LogP contribution in [0.15, 0.2) is 54.6 Å². The molecule has 1 heterocycles. The lowest BCUT2D eigenvalue weighted by Gasteiger charge is -2.33. The quantitative estimate of drug-likeness (QED) is 0.719. The van der Waals surface area contributed by atoms with Gasteiger partial charge in [-0.25, -0.2) is 0 Å². The lowest BCUT2D eigenvalue weighted by Crippen LogP contribution is -2.34. The van der Waals surface area contributed by atoms with E-state index in [1.165, 1.54) is 27.7 Å². The standard InChI is InChI=1S/C18H18N2/c19-14-10-13(11-14)17-15-8-4-5-9-16(15)20-18(17)12-6-2-1-3-7-12/h1-9,13-14,20H,10-11,19H2. The molecule has 0 saturated heterocycles. The minimum atomic E-state index is 0.372. The van der Waals surface area contributed by atoms with E-state index >= 15 is 0 Å². The van der Waals surface area contributed by atoms with E-state index < -0.39 is 0 Å². The summed E-state index contributed by atoms with van der Waals surface area (Å²) in [5.74, 6) is 0.594. The molecule has 1 aliphatic carbocycles. The maximum absolute atomic E-state index is 6.00. The van der Waals surface area contributed by atoms with Crippen molar-refractivity contribution in [2.75, 3.05) is 0 Å². The molecule has 3 aromatic rings. The molecule has 0 aliphatic heterocycles. The zero-order valence-electron chi connectivity index (χ0n) is 11.3. The maximum Gasteiger partial charge on any atom is 0.0500 e. The molecule has 0 spiro atoms. The second-order valence-electron chi connectivity index (χ2n) is 5.75. The van der Waals surface area contributed by atoms with Gasteiger partial charge >= 0.3 is 0 Å². The van der Waals surface area contributed by atoms with Gasteiger partial charge in [0.15, 0.2) is 0 Å². The van der Waals surface area contributed by atoms with Crippen LogP contribution >= 0.6 is 0 Å². The highest BCUT2D eigenvalue weighted by Crippen LogP contribution is 2.44. The average Bonchev–Trinajstić information content (AvgIpc) is 2.84. The molecule has 0 bridgehead atoms. The number of nitrogens with one attached hydrogen (secondary N) is 1. The molecule has 0 atom stereocenters. The van der Waals surface area contributed by atoms with Crippen LogP contribution in [0.5, 0.6) is 0 Å². The molecule has 1 saturated carbocycles. The second kappa shape index (κ2) is 4.50. The van der Waals surface area contributed by atoms with Gasteiger partial charge in [0, 0.05) is 22.6 Å². The number of para-hydroxylation sites is 1. The topological polar surface area (TPSA) is 41.8 Å². The number of rotatable bonds is 2. The molecule has 20 heavy (non-hydrogen) atoms. The molecular weight excluding hydrogens is 244 g/mol. The first-order valence-electron chi connectivity index (χ1n) is 7.24. The lowest BCUT2D eigenvalue weighted by atomic mass is 9.75. The molecule has 4 rings (SSSR count). The highest BCUT2D eigenvalue weighted by Gasteiger charge is 2.31. The first-order chi connectivity index (χ1) is 9.83. The summed E-state index contributed by atoms with van der Waals surface area (Å²) in [5.41, 5.74) is 11.2. The van der Waals surface area contributed by atoms with E-state index in [9.17, 15) is 0 Å². The van der Waals surface area contributed by atoms with Crippen molar-refractivity contribution in [1.82, 2.24) is 4.98 Å². The van der Waals surface area contributed by atoms with Gasteiger partial charge in [0.1, 0.15) is 0 Å². The van der Waals surface area contributed by atoms with Crippen molar-refractivity contribution in [3.8, 4) is 11.3 Å². The Morgan fingerprint density at radius 1 is 0.900 bits per heavy atom. The Morgan fingerprint density at radius 3 is 2.35 bits per heavy atom. The number of nitrogens with two attached hydrogens (primary N) is 1. The van der Waals surface area contributed by atoms with Crippen molar-refractivity contribution in [2.24, 2.45) is 5.73 Å². The molecule has 0 amide bonds. The molecule has 1 aromatic heterocycles. The summed E-state index contributed by atoms with van der Waals surface area (Å²) in [6, 6.07) is 19.6. The summed E-state index contributed by atoms with van der Waals surface area (Å²) in [5, 5.41) is 1.35. The van der Waals surface area contributed by atoms with Crippen molar-refractivity contribution < 1.29 is 0 Å². The van der Waals surface area contributed by atoms with Gasteiger partial charge in [-0.15, -0.1) is 0 Å². The number of aromatic amines is 1. The van der Waals surface area contributed by atoms with Crippen LogP contribution in [0.1, 0.15) is 24.3 Å². The van der Waals surface area contributed by atoms with Gasteiger partial charge in [0.25, 0.3) is 0 Å². The van der Waals surface area contributed by atoms with Gasteiger partial charge in [-0.2, -0.15) is 0 Å². The number of benzene rings is 2. The number of H-pyrrole nitrogens is 1. The highest BCUT2D eigenvalue weighted by molar-refractivity contribution is 5.91. The Balaban J connectivity index is 1.93. The normalized spacial score (nSPS) is 21.9. The number of fused-ring (bicyclic) bond motifs is 1. The van der Waals surface area contributed by atoms with E-state index in [0.717, 1.165) is 12.8 Å². The van der Waals surface area contributed by atoms with Crippen LogP contribution in [0, 0.1) is 0 Å². The molecule has 2 heteroatoms. The Bertz CT molecular complexity index is 736. The van der Waals surface area contributed by atoms with Crippen molar-refractivity contribution in [3.05, 3.63) is 60.2 Å². The Labute approximate surface area is 118 Å². The lowest BCUT2D eigenvalue weighted by molar-refractivity contribution is 0.354. The van der Waals surface area contributed by atoms with E-state index in [1.54, 1.807) is 0 Å². The minimum Gasteiger partial charge on any atom is -0.354 e. The van der Waals surface area contributed by atoms with Crippen LogP contribution in [0.4, 0.5) is 0 Å². The first-order valence-corrected chi connectivity index (χ1v) is 7.24. The van der Waals surface area contributed by atoms with Gasteiger partial charge in [-0.05, 0) is 36.0 Å². The van der Waals surface area contributed by atoms with E-state index in [-0.39, 0.29) is 0 Å². The molecule has 100 valence electrons. The van der Waals surface area contributed by atoms with Crippen LogP contribution in [-0.2, 0) is 0 Å². The molecular formula is C18H18N2. The van der Waals surface area contributed by atoms with Crippen LogP contribution in [-0.4, -0.2) is 11.0 Å². The SMILES string of the molecule is NC1CC(c2c(-c3ccccc3)[nH]c3ccccc23)C1. The highest BCUT2D eigenvalue weighted by atomic mass is 14.7. The Kier molecular flexibility index (Phi) is 2.64. The van der Waals surface area contributed by atoms with E-state index in [2.05, 4.69) is 59.6 Å². The van der Waals surface area contributed by atoms with Crippen molar-refractivity contribution >= 4 is 10.9 Å². The monoisotopic (exact) mass is 262 g/mol. The van der Waals surface area contributed by atoms with Gasteiger partial charge in [-0.1, -0.05) is 48.5 Å². The summed E-state index contributed by atoms with van der Waals surface area (Å²) in [4.78, 5) is 3.60. The van der Waals surface area contributed by atoms with Gasteiger partial charge in [0.05, 0.1) is 0 Å². The Hall–Kier alpha value is -2.06. The van der Waals surface area contributed by atoms with Gasteiger partial charge < -0.3 is 10.7 Å². The van der Waals surface area contributed by atoms with Crippen molar-refractivity contribution in [3.63, 3.8) is 0 Å². The fourth-order valence-electron chi connectivity index (χ4n) is 3.32. The second-order valence-corrected chi connectivity index (χ2v) is 5.75. The van der Waals surface area contributed by atoms with E-state index in [4.69, 9.17) is 5.73 Å². The molecule has 1 fully saturated rings. The summed E-state index contributed by atoms with van der Waals surface area (Å²) in [6.07, 6.45) is 2.20. The third kappa shape index (κ3) is 1.76. The van der Waals surface area contributed by atoms with Crippen LogP contribution in [0.2, 0.25) is 0 Å². The summed E-state index contributed by atoms with van der Waals surface area (Å²) in [6.45, 7) is 0. The average molecular weight is 262 g/mol. The van der Waals surface area contributed by atoms with Crippen molar-refractivity contribution in [1.29, 1.82) is 0 Å². The molecule has 1 aliphatic rings. The molecule has 0 radical (unpaired) electrons. The third-order valence-corrected chi connectivity index (χ3v) is 4.39. The predicted octanol–water partition coefficient (Wildman–Crippen LogP) is 4.04. The largest absolute Gasteiger partial charge is 0.354 e. The number of aromatic nitrogens is 1. The summed E-state index contributed by atoms with van der Waals surface area (Å²) < 4.78 is 0. The molecule has 2 nitrogen and oxygen atoms in total. The van der Waals surface area contributed by atoms with Crippen LogP contribution < -0.4 is 5.73 Å². The summed E-state index contributed by atoms with van der Waals surface area (Å²) in [7, 11) is 0. The Morgan fingerprint density at radius 2 is 1.60 bits per heavy atom. The minimum absolute atomic E-state index is 0.372. The van der Waals surface area contributed by atoms with E-state index in [0.29, 0.717) is 12.0 Å². The molecule has 2 aromatic carbocycles. The first kappa shape index (κ1) is 11.7.